The van der Waals surface area contributed by atoms with Crippen LogP contribution in [-0.2, 0) is 5.54 Å². The lowest BCUT2D eigenvalue weighted by Crippen LogP contribution is -2.53. The molecule has 0 aliphatic heterocycles. The molecule has 0 atom stereocenters. The summed E-state index contributed by atoms with van der Waals surface area (Å²) in [4.78, 5) is 12.3. The molecule has 0 heterocycles. The van der Waals surface area contributed by atoms with Gasteiger partial charge in [-0.1, -0.05) is 48.5 Å². The van der Waals surface area contributed by atoms with Crippen molar-refractivity contribution in [2.45, 2.75) is 50.6 Å². The monoisotopic (exact) mass is 352 g/mol. The molecular weight excluding hydrogens is 324 g/mol. The van der Waals surface area contributed by atoms with E-state index in [9.17, 15) is 4.79 Å². The average molecular weight is 352 g/mol. The smallest absolute Gasteiger partial charge is 0.410 e. The molecular formula is C22H28N2O2. The molecule has 1 saturated carbocycles. The second kappa shape index (κ2) is 7.50. The summed E-state index contributed by atoms with van der Waals surface area (Å²) in [5.74, 6) is 0.917. The number of amides is 1. The molecule has 1 aliphatic carbocycles. The highest BCUT2D eigenvalue weighted by Crippen LogP contribution is 2.41. The van der Waals surface area contributed by atoms with E-state index in [0.717, 1.165) is 25.7 Å². The molecule has 138 valence electrons. The van der Waals surface area contributed by atoms with E-state index >= 15 is 0 Å². The fourth-order valence-corrected chi connectivity index (χ4v) is 3.90. The van der Waals surface area contributed by atoms with Gasteiger partial charge >= 0.3 is 6.09 Å². The van der Waals surface area contributed by atoms with E-state index in [1.165, 1.54) is 5.56 Å². The summed E-state index contributed by atoms with van der Waals surface area (Å²) in [6.07, 6.45) is 3.38. The third kappa shape index (κ3) is 4.25. The standard InChI is InChI=1S/C22H28N2O2/c1-21(2,24-20(25)26-19-11-7-4-8-12-19)17-13-15-22(23,16-14-17)18-9-5-3-6-10-18/h3-12,17H,13-16,23H2,1-2H3,(H,24,25). The fraction of sp³-hybridized carbons (Fsp3) is 0.409. The first-order chi connectivity index (χ1) is 12.4. The predicted molar refractivity (Wildman–Crippen MR) is 104 cm³/mol. The van der Waals surface area contributed by atoms with Gasteiger partial charge in [-0.05, 0) is 63.1 Å². The Kier molecular flexibility index (Phi) is 5.33. The van der Waals surface area contributed by atoms with Crippen LogP contribution in [0, 0.1) is 5.92 Å². The molecule has 0 bridgehead atoms. The van der Waals surface area contributed by atoms with Crippen LogP contribution in [0.2, 0.25) is 0 Å². The molecule has 1 aliphatic rings. The van der Waals surface area contributed by atoms with Crippen LogP contribution in [0.4, 0.5) is 4.79 Å². The summed E-state index contributed by atoms with van der Waals surface area (Å²) in [6, 6.07) is 19.5. The number of benzene rings is 2. The van der Waals surface area contributed by atoms with E-state index in [1.807, 2.05) is 36.4 Å². The highest BCUT2D eigenvalue weighted by molar-refractivity contribution is 5.71. The van der Waals surface area contributed by atoms with Crippen molar-refractivity contribution < 1.29 is 9.53 Å². The Balaban J connectivity index is 1.58. The van der Waals surface area contributed by atoms with Gasteiger partial charge < -0.3 is 15.8 Å². The third-order valence-electron chi connectivity index (χ3n) is 5.63. The molecule has 4 heteroatoms. The van der Waals surface area contributed by atoms with Gasteiger partial charge in [0.15, 0.2) is 0 Å². The number of hydrogen-bond donors (Lipinski definition) is 2. The summed E-state index contributed by atoms with van der Waals surface area (Å²) < 4.78 is 5.38. The lowest BCUT2D eigenvalue weighted by atomic mass is 9.68. The molecule has 0 unspecified atom stereocenters. The Labute approximate surface area is 155 Å². The minimum Gasteiger partial charge on any atom is -0.410 e. The molecule has 1 fully saturated rings. The lowest BCUT2D eigenvalue weighted by molar-refractivity contribution is 0.135. The number of hydrogen-bond acceptors (Lipinski definition) is 3. The number of nitrogens with one attached hydrogen (secondary N) is 1. The first-order valence-electron chi connectivity index (χ1n) is 9.28. The Morgan fingerprint density at radius 3 is 2.15 bits per heavy atom. The highest BCUT2D eigenvalue weighted by Gasteiger charge is 2.40. The Morgan fingerprint density at radius 2 is 1.58 bits per heavy atom. The molecule has 3 N–H and O–H groups in total. The molecule has 0 saturated heterocycles. The van der Waals surface area contributed by atoms with Crippen LogP contribution in [0.5, 0.6) is 5.75 Å². The van der Waals surface area contributed by atoms with Crippen LogP contribution in [0.1, 0.15) is 45.1 Å². The van der Waals surface area contributed by atoms with E-state index in [1.54, 1.807) is 12.1 Å². The molecule has 26 heavy (non-hydrogen) atoms. The van der Waals surface area contributed by atoms with Gasteiger partial charge in [0.25, 0.3) is 0 Å². The van der Waals surface area contributed by atoms with Gasteiger partial charge in [0, 0.05) is 11.1 Å². The Bertz CT molecular complexity index is 720. The summed E-state index contributed by atoms with van der Waals surface area (Å²) in [5.41, 5.74) is 7.27. The van der Waals surface area contributed by atoms with E-state index in [0.29, 0.717) is 11.7 Å². The molecule has 0 aromatic heterocycles. The number of ether oxygens (including phenoxy) is 1. The molecule has 1 amide bonds. The maximum Gasteiger partial charge on any atom is 0.413 e. The van der Waals surface area contributed by atoms with Gasteiger partial charge in [0.1, 0.15) is 5.75 Å². The molecule has 3 rings (SSSR count). The highest BCUT2D eigenvalue weighted by atomic mass is 16.6. The lowest BCUT2D eigenvalue weighted by Gasteiger charge is -2.43. The van der Waals surface area contributed by atoms with Gasteiger partial charge in [-0.2, -0.15) is 0 Å². The predicted octanol–water partition coefficient (Wildman–Crippen LogP) is 4.60. The summed E-state index contributed by atoms with van der Waals surface area (Å²) in [7, 11) is 0. The second-order valence-corrected chi connectivity index (χ2v) is 7.85. The van der Waals surface area contributed by atoms with Crippen LogP contribution in [0.25, 0.3) is 0 Å². The minimum absolute atomic E-state index is 0.265. The second-order valence-electron chi connectivity index (χ2n) is 7.85. The van der Waals surface area contributed by atoms with Crippen molar-refractivity contribution in [2.75, 3.05) is 0 Å². The molecule has 0 spiro atoms. The van der Waals surface area contributed by atoms with Crippen molar-refractivity contribution in [3.8, 4) is 5.75 Å². The number of rotatable bonds is 4. The molecule has 0 radical (unpaired) electrons. The van der Waals surface area contributed by atoms with Crippen LogP contribution in [0.15, 0.2) is 60.7 Å². The largest absolute Gasteiger partial charge is 0.413 e. The van der Waals surface area contributed by atoms with Crippen molar-refractivity contribution in [3.63, 3.8) is 0 Å². The van der Waals surface area contributed by atoms with Gasteiger partial charge in [0.2, 0.25) is 0 Å². The van der Waals surface area contributed by atoms with E-state index < -0.39 is 6.09 Å². The first-order valence-corrected chi connectivity index (χ1v) is 9.28. The van der Waals surface area contributed by atoms with E-state index in [4.69, 9.17) is 10.5 Å². The first kappa shape index (κ1) is 18.5. The van der Waals surface area contributed by atoms with Crippen molar-refractivity contribution in [1.82, 2.24) is 5.32 Å². The summed E-state index contributed by atoms with van der Waals surface area (Å²) in [6.45, 7) is 4.13. The minimum atomic E-state index is -0.408. The number of para-hydroxylation sites is 1. The maximum atomic E-state index is 12.3. The van der Waals surface area contributed by atoms with Gasteiger partial charge in [-0.3, -0.25) is 0 Å². The summed E-state index contributed by atoms with van der Waals surface area (Å²) >= 11 is 0. The number of carbonyl (C=O) groups excluding carboxylic acids is 1. The normalized spacial score (nSPS) is 23.3. The zero-order chi connectivity index (χ0) is 18.6. The zero-order valence-electron chi connectivity index (χ0n) is 15.6. The quantitative estimate of drug-likeness (QED) is 0.845. The number of nitrogens with two attached hydrogens (primary N) is 1. The Morgan fingerprint density at radius 1 is 1.04 bits per heavy atom. The van der Waals surface area contributed by atoms with Gasteiger partial charge in [-0.15, -0.1) is 0 Å². The molecule has 4 nitrogen and oxygen atoms in total. The van der Waals surface area contributed by atoms with Gasteiger partial charge in [-0.25, -0.2) is 4.79 Å². The van der Waals surface area contributed by atoms with Crippen molar-refractivity contribution in [3.05, 3.63) is 66.2 Å². The molecule has 2 aromatic rings. The van der Waals surface area contributed by atoms with Gasteiger partial charge in [0.05, 0.1) is 0 Å². The maximum absolute atomic E-state index is 12.3. The average Bonchev–Trinajstić information content (AvgIpc) is 2.63. The topological polar surface area (TPSA) is 64.3 Å². The molecule has 2 aromatic carbocycles. The third-order valence-corrected chi connectivity index (χ3v) is 5.63. The SMILES string of the molecule is CC(C)(NC(=O)Oc1ccccc1)C1CCC(N)(c2ccccc2)CC1. The van der Waals surface area contributed by atoms with Crippen molar-refractivity contribution in [2.24, 2.45) is 11.7 Å². The van der Waals surface area contributed by atoms with E-state index in [2.05, 4.69) is 31.3 Å². The fourth-order valence-electron chi connectivity index (χ4n) is 3.90. The zero-order valence-corrected chi connectivity index (χ0v) is 15.6. The van der Waals surface area contributed by atoms with E-state index in [-0.39, 0.29) is 11.1 Å². The van der Waals surface area contributed by atoms with Crippen LogP contribution in [-0.4, -0.2) is 11.6 Å². The van der Waals surface area contributed by atoms with Crippen LogP contribution >= 0.6 is 0 Å². The van der Waals surface area contributed by atoms with Crippen LogP contribution in [0.3, 0.4) is 0 Å². The Hall–Kier alpha value is -2.33. The van der Waals surface area contributed by atoms with Crippen molar-refractivity contribution in [1.29, 1.82) is 0 Å². The summed E-state index contributed by atoms with van der Waals surface area (Å²) in [5, 5.41) is 3.04. The van der Waals surface area contributed by atoms with Crippen LogP contribution < -0.4 is 15.8 Å². The number of carbonyl (C=O) groups is 1. The van der Waals surface area contributed by atoms with Crippen molar-refractivity contribution >= 4 is 6.09 Å².